The fraction of sp³-hybridized carbons (Fsp3) is 0.448. The first kappa shape index (κ1) is 31.1. The van der Waals surface area contributed by atoms with Gasteiger partial charge in [-0.1, -0.05) is 80.9 Å². The largest absolute Gasteiger partial charge is 0.467 e. The minimum Gasteiger partial charge on any atom is -0.467 e. The minimum atomic E-state index is -0.950. The molecule has 0 unspecified atom stereocenters. The summed E-state index contributed by atoms with van der Waals surface area (Å²) in [5.41, 5.74) is 1.69. The van der Waals surface area contributed by atoms with Crippen LogP contribution in [-0.4, -0.2) is 49.8 Å². The number of hydrogen-bond donors (Lipinski definition) is 3. The number of carbonyl (C=O) groups is 4. The van der Waals surface area contributed by atoms with Gasteiger partial charge in [0.2, 0.25) is 5.91 Å². The molecule has 10 nitrogen and oxygen atoms in total. The van der Waals surface area contributed by atoms with Gasteiger partial charge in [0.1, 0.15) is 25.3 Å². The molecule has 212 valence electrons. The molecule has 2 rings (SSSR count). The predicted octanol–water partition coefficient (Wildman–Crippen LogP) is 4.08. The van der Waals surface area contributed by atoms with Gasteiger partial charge >= 0.3 is 18.2 Å². The van der Waals surface area contributed by atoms with E-state index in [1.165, 1.54) is 7.11 Å². The molecule has 0 aliphatic heterocycles. The SMILES string of the molecule is CC[C@H](C)[C@H](NC(=O)[C@@H](CCCCNC(=O)OCc1ccccc1)NC(=O)OCc1ccccc1)C(=O)OC. The topological polar surface area (TPSA) is 132 Å². The van der Waals surface area contributed by atoms with Gasteiger partial charge in [-0.05, 0) is 36.3 Å². The summed E-state index contributed by atoms with van der Waals surface area (Å²) >= 11 is 0. The van der Waals surface area contributed by atoms with Crippen molar-refractivity contribution in [2.75, 3.05) is 13.7 Å². The van der Waals surface area contributed by atoms with Crippen LogP contribution in [0.25, 0.3) is 0 Å². The van der Waals surface area contributed by atoms with Gasteiger partial charge in [0.05, 0.1) is 7.11 Å². The monoisotopic (exact) mass is 541 g/mol. The van der Waals surface area contributed by atoms with Crippen LogP contribution in [0.1, 0.15) is 50.7 Å². The van der Waals surface area contributed by atoms with Gasteiger partial charge in [0.25, 0.3) is 0 Å². The quantitative estimate of drug-likeness (QED) is 0.176. The first-order chi connectivity index (χ1) is 18.8. The number of rotatable bonds is 15. The number of hydrogen-bond acceptors (Lipinski definition) is 7. The van der Waals surface area contributed by atoms with Crippen molar-refractivity contribution in [3.63, 3.8) is 0 Å². The van der Waals surface area contributed by atoms with Crippen molar-refractivity contribution in [3.8, 4) is 0 Å². The lowest BCUT2D eigenvalue weighted by Crippen LogP contribution is -2.53. The molecular formula is C29H39N3O7. The van der Waals surface area contributed by atoms with E-state index in [1.54, 1.807) is 0 Å². The van der Waals surface area contributed by atoms with Gasteiger partial charge in [-0.2, -0.15) is 0 Å². The molecule has 0 fully saturated rings. The third-order valence-electron chi connectivity index (χ3n) is 6.19. The molecule has 39 heavy (non-hydrogen) atoms. The Morgan fingerprint density at radius 3 is 1.90 bits per heavy atom. The molecule has 0 saturated carbocycles. The molecule has 0 bridgehead atoms. The second-order valence-electron chi connectivity index (χ2n) is 9.14. The van der Waals surface area contributed by atoms with Crippen LogP contribution in [0.4, 0.5) is 9.59 Å². The van der Waals surface area contributed by atoms with Crippen molar-refractivity contribution in [2.45, 2.75) is 64.8 Å². The molecule has 0 saturated heterocycles. The van der Waals surface area contributed by atoms with Crippen LogP contribution in [0, 0.1) is 5.92 Å². The summed E-state index contributed by atoms with van der Waals surface area (Å²) in [6, 6.07) is 16.7. The van der Waals surface area contributed by atoms with Crippen LogP contribution in [0.3, 0.4) is 0 Å². The highest BCUT2D eigenvalue weighted by atomic mass is 16.6. The molecular weight excluding hydrogens is 502 g/mol. The van der Waals surface area contributed by atoms with Crippen LogP contribution < -0.4 is 16.0 Å². The number of benzene rings is 2. The van der Waals surface area contributed by atoms with E-state index in [4.69, 9.17) is 14.2 Å². The number of amides is 3. The second kappa shape index (κ2) is 17.4. The summed E-state index contributed by atoms with van der Waals surface area (Å²) in [5, 5.41) is 8.00. The van der Waals surface area contributed by atoms with E-state index in [-0.39, 0.29) is 25.6 Å². The van der Waals surface area contributed by atoms with Crippen LogP contribution >= 0.6 is 0 Å². The van der Waals surface area contributed by atoms with Crippen LogP contribution in [0.2, 0.25) is 0 Å². The first-order valence-corrected chi connectivity index (χ1v) is 13.1. The van der Waals surface area contributed by atoms with Crippen LogP contribution in [0.15, 0.2) is 60.7 Å². The lowest BCUT2D eigenvalue weighted by molar-refractivity contribution is -0.146. The molecule has 3 N–H and O–H groups in total. The van der Waals surface area contributed by atoms with E-state index in [9.17, 15) is 19.2 Å². The third kappa shape index (κ3) is 11.9. The molecule has 3 amide bonds. The van der Waals surface area contributed by atoms with Crippen molar-refractivity contribution in [1.82, 2.24) is 16.0 Å². The zero-order chi connectivity index (χ0) is 28.5. The highest BCUT2D eigenvalue weighted by molar-refractivity contribution is 5.89. The number of ether oxygens (including phenoxy) is 3. The van der Waals surface area contributed by atoms with Gasteiger partial charge in [-0.15, -0.1) is 0 Å². The van der Waals surface area contributed by atoms with E-state index in [0.29, 0.717) is 25.8 Å². The van der Waals surface area contributed by atoms with Crippen LogP contribution in [0.5, 0.6) is 0 Å². The van der Waals surface area contributed by atoms with Gasteiger partial charge in [-0.3, -0.25) is 4.79 Å². The summed E-state index contributed by atoms with van der Waals surface area (Å²) in [5.74, 6) is -1.24. The van der Waals surface area contributed by atoms with Gasteiger partial charge in [-0.25, -0.2) is 14.4 Å². The Hall–Kier alpha value is -4.08. The Morgan fingerprint density at radius 2 is 1.36 bits per heavy atom. The lowest BCUT2D eigenvalue weighted by Gasteiger charge is -2.25. The fourth-order valence-corrected chi connectivity index (χ4v) is 3.66. The predicted molar refractivity (Wildman–Crippen MR) is 145 cm³/mol. The van der Waals surface area contributed by atoms with E-state index >= 15 is 0 Å². The molecule has 0 radical (unpaired) electrons. The van der Waals surface area contributed by atoms with E-state index in [2.05, 4.69) is 16.0 Å². The van der Waals surface area contributed by atoms with Crippen molar-refractivity contribution in [1.29, 1.82) is 0 Å². The number of methoxy groups -OCH3 is 1. The zero-order valence-electron chi connectivity index (χ0n) is 22.8. The molecule has 0 aliphatic rings. The maximum Gasteiger partial charge on any atom is 0.408 e. The number of esters is 1. The highest BCUT2D eigenvalue weighted by Gasteiger charge is 2.30. The molecule has 0 aromatic heterocycles. The smallest absolute Gasteiger partial charge is 0.408 e. The van der Waals surface area contributed by atoms with Crippen molar-refractivity contribution < 1.29 is 33.4 Å². The zero-order valence-corrected chi connectivity index (χ0v) is 22.8. The number of unbranched alkanes of at least 4 members (excludes halogenated alkanes) is 1. The Kier molecular flexibility index (Phi) is 13.9. The molecule has 0 spiro atoms. The van der Waals surface area contributed by atoms with E-state index < -0.39 is 36.1 Å². The Labute approximate surface area is 229 Å². The van der Waals surface area contributed by atoms with Crippen molar-refractivity contribution in [2.24, 2.45) is 5.92 Å². The Morgan fingerprint density at radius 1 is 0.795 bits per heavy atom. The summed E-state index contributed by atoms with van der Waals surface area (Å²) in [6.07, 6.45) is 0.661. The Bertz CT molecular complexity index is 1030. The summed E-state index contributed by atoms with van der Waals surface area (Å²) in [4.78, 5) is 49.8. The summed E-state index contributed by atoms with van der Waals surface area (Å²) < 4.78 is 15.3. The van der Waals surface area contributed by atoms with Gasteiger partial charge in [0.15, 0.2) is 0 Å². The lowest BCUT2D eigenvalue weighted by atomic mass is 9.98. The Balaban J connectivity index is 1.88. The van der Waals surface area contributed by atoms with Crippen molar-refractivity contribution >= 4 is 24.1 Å². The normalized spacial score (nSPS) is 12.8. The highest BCUT2D eigenvalue weighted by Crippen LogP contribution is 2.11. The van der Waals surface area contributed by atoms with E-state index in [0.717, 1.165) is 11.1 Å². The third-order valence-corrected chi connectivity index (χ3v) is 6.19. The molecule has 2 aromatic carbocycles. The van der Waals surface area contributed by atoms with Crippen LogP contribution in [-0.2, 0) is 37.0 Å². The number of carbonyl (C=O) groups excluding carboxylic acids is 4. The second-order valence-corrected chi connectivity index (χ2v) is 9.14. The fourth-order valence-electron chi connectivity index (χ4n) is 3.66. The standard InChI is InChI=1S/C29H39N3O7/c1-4-21(2)25(27(34)37-3)32-26(33)24(31-29(36)39-20-23-15-9-6-10-16-23)17-11-12-18-30-28(35)38-19-22-13-7-5-8-14-22/h5-10,13-16,21,24-25H,4,11-12,17-20H2,1-3H3,(H,30,35)(H,31,36)(H,32,33)/t21-,24+,25-/m0/s1. The first-order valence-electron chi connectivity index (χ1n) is 13.1. The molecule has 3 atom stereocenters. The average Bonchev–Trinajstić information content (AvgIpc) is 2.97. The molecule has 10 heteroatoms. The summed E-state index contributed by atoms with van der Waals surface area (Å²) in [7, 11) is 1.26. The van der Waals surface area contributed by atoms with E-state index in [1.807, 2.05) is 74.5 Å². The molecule has 2 aromatic rings. The number of alkyl carbamates (subject to hydrolysis) is 2. The molecule has 0 aliphatic carbocycles. The van der Waals surface area contributed by atoms with Gasteiger partial charge < -0.3 is 30.2 Å². The maximum absolute atomic E-state index is 13.1. The number of nitrogens with one attached hydrogen (secondary N) is 3. The van der Waals surface area contributed by atoms with Crippen molar-refractivity contribution in [3.05, 3.63) is 71.8 Å². The van der Waals surface area contributed by atoms with Gasteiger partial charge in [0, 0.05) is 6.54 Å². The molecule has 0 heterocycles. The summed E-state index contributed by atoms with van der Waals surface area (Å²) in [6.45, 7) is 4.29. The maximum atomic E-state index is 13.1. The average molecular weight is 542 g/mol. The minimum absolute atomic E-state index is 0.0493.